The third-order valence-corrected chi connectivity index (χ3v) is 8.69. The average Bonchev–Trinajstić information content (AvgIpc) is 3.58. The first-order valence-electron chi connectivity index (χ1n) is 14.1. The van der Waals surface area contributed by atoms with Crippen LogP contribution >= 0.6 is 11.3 Å². The zero-order valence-electron chi connectivity index (χ0n) is 24.0. The number of rotatable bonds is 10. The Labute approximate surface area is 252 Å². The number of benzene rings is 2. The molecule has 1 atom stereocenters. The number of amides is 1. The van der Waals surface area contributed by atoms with Gasteiger partial charge in [-0.1, -0.05) is 24.0 Å². The van der Waals surface area contributed by atoms with E-state index in [1.165, 1.54) is 18.4 Å². The number of anilines is 2. The molecule has 2 aliphatic heterocycles. The molecule has 43 heavy (non-hydrogen) atoms. The number of cyclic esters (lactones) is 2. The largest absolute Gasteiger partial charge is 0.508 e. The SMILES string of the molecule is CNC(=O)c1ccc(NCC#Cc2sc3c(NC4CCN(CC5COC(=O)O5)CC4)cccc3c2CC(F)F)c(OC)c1. The van der Waals surface area contributed by atoms with Gasteiger partial charge in [0.1, 0.15) is 12.4 Å². The first kappa shape index (κ1) is 30.4. The van der Waals surface area contributed by atoms with E-state index in [1.807, 2.05) is 18.2 Å². The molecule has 2 saturated heterocycles. The van der Waals surface area contributed by atoms with Crippen LogP contribution in [-0.4, -0.2) is 82.5 Å². The molecule has 0 spiro atoms. The first-order chi connectivity index (χ1) is 20.8. The monoisotopic (exact) mass is 612 g/mol. The number of carbonyl (C=O) groups excluding carboxylic acids is 2. The molecule has 0 aliphatic carbocycles. The van der Waals surface area contributed by atoms with Crippen LogP contribution in [0.4, 0.5) is 25.0 Å². The number of ether oxygens (including phenoxy) is 3. The van der Waals surface area contributed by atoms with E-state index >= 15 is 0 Å². The average molecular weight is 613 g/mol. The normalized spacial score (nSPS) is 17.2. The summed E-state index contributed by atoms with van der Waals surface area (Å²) in [6.07, 6.45) is -1.89. The maximum absolute atomic E-state index is 13.6. The molecule has 2 aliphatic rings. The summed E-state index contributed by atoms with van der Waals surface area (Å²) in [7, 11) is 3.08. The van der Waals surface area contributed by atoms with Crippen LogP contribution in [-0.2, 0) is 15.9 Å². The quantitative estimate of drug-likeness (QED) is 0.219. The highest BCUT2D eigenvalue weighted by molar-refractivity contribution is 7.20. The lowest BCUT2D eigenvalue weighted by molar-refractivity contribution is 0.0942. The number of hydrogen-bond acceptors (Lipinski definition) is 9. The third-order valence-electron chi connectivity index (χ3n) is 7.50. The number of fused-ring (bicyclic) bond motifs is 1. The van der Waals surface area contributed by atoms with Crippen molar-refractivity contribution in [1.82, 2.24) is 10.2 Å². The molecule has 228 valence electrons. The van der Waals surface area contributed by atoms with Gasteiger partial charge in [-0.2, -0.15) is 0 Å². The second-order valence-corrected chi connectivity index (χ2v) is 11.4. The minimum atomic E-state index is -2.50. The van der Waals surface area contributed by atoms with Crippen LogP contribution in [0, 0.1) is 11.8 Å². The van der Waals surface area contributed by atoms with Crippen molar-refractivity contribution in [3.05, 3.63) is 52.4 Å². The van der Waals surface area contributed by atoms with E-state index in [0.717, 1.165) is 41.7 Å². The molecule has 2 fully saturated rings. The number of thiophene rings is 1. The van der Waals surface area contributed by atoms with Crippen molar-refractivity contribution in [1.29, 1.82) is 0 Å². The Hall–Kier alpha value is -4.08. The van der Waals surface area contributed by atoms with Crippen molar-refractivity contribution in [2.24, 2.45) is 0 Å². The van der Waals surface area contributed by atoms with E-state index in [1.54, 1.807) is 25.2 Å². The van der Waals surface area contributed by atoms with Gasteiger partial charge in [-0.15, -0.1) is 11.3 Å². The Bertz CT molecular complexity index is 1530. The molecule has 0 bridgehead atoms. The predicted molar refractivity (Wildman–Crippen MR) is 163 cm³/mol. The van der Waals surface area contributed by atoms with E-state index < -0.39 is 12.6 Å². The molecule has 5 rings (SSSR count). The highest BCUT2D eigenvalue weighted by Crippen LogP contribution is 2.38. The molecule has 0 saturated carbocycles. The summed E-state index contributed by atoms with van der Waals surface area (Å²) in [5.74, 6) is 6.46. The molecule has 3 N–H and O–H groups in total. The van der Waals surface area contributed by atoms with E-state index in [-0.39, 0.29) is 31.0 Å². The molecule has 2 aromatic carbocycles. The summed E-state index contributed by atoms with van der Waals surface area (Å²) < 4.78 is 43.6. The van der Waals surface area contributed by atoms with Crippen molar-refractivity contribution in [2.45, 2.75) is 37.8 Å². The van der Waals surface area contributed by atoms with Crippen molar-refractivity contribution < 1.29 is 32.6 Å². The molecule has 12 heteroatoms. The topological polar surface area (TPSA) is 101 Å². The number of nitrogens with one attached hydrogen (secondary N) is 3. The van der Waals surface area contributed by atoms with Gasteiger partial charge in [0.05, 0.1) is 34.6 Å². The maximum atomic E-state index is 13.6. The number of carbonyl (C=O) groups is 2. The molecular weight excluding hydrogens is 578 g/mol. The molecule has 1 unspecified atom stereocenters. The lowest BCUT2D eigenvalue weighted by Gasteiger charge is -2.33. The summed E-state index contributed by atoms with van der Waals surface area (Å²) in [6, 6.07) is 11.1. The molecule has 3 heterocycles. The highest BCUT2D eigenvalue weighted by Gasteiger charge is 2.29. The van der Waals surface area contributed by atoms with Gasteiger partial charge in [0.25, 0.3) is 5.91 Å². The van der Waals surface area contributed by atoms with Gasteiger partial charge in [0.2, 0.25) is 6.43 Å². The standard InChI is InChI=1S/C31H34F2N4O5S/c1-34-30(38)19-8-9-24(26(15-19)40-2)35-12-4-7-27-23(16-28(32)33)22-5-3-6-25(29(22)43-27)36-20-10-13-37(14-11-20)17-21-18-41-31(39)42-21/h3,5-6,8-9,15,20-21,28,35-36H,10-14,16-18H2,1-2H3,(H,34,38). The number of methoxy groups -OCH3 is 1. The van der Waals surface area contributed by atoms with E-state index in [4.69, 9.17) is 14.2 Å². The highest BCUT2D eigenvalue weighted by atomic mass is 32.1. The van der Waals surface area contributed by atoms with Crippen LogP contribution in [0.5, 0.6) is 5.75 Å². The van der Waals surface area contributed by atoms with Crippen LogP contribution in [0.1, 0.15) is 33.6 Å². The van der Waals surface area contributed by atoms with E-state index in [2.05, 4.69) is 32.7 Å². The van der Waals surface area contributed by atoms with Gasteiger partial charge < -0.3 is 30.2 Å². The predicted octanol–water partition coefficient (Wildman–Crippen LogP) is 4.95. The Balaban J connectivity index is 1.27. The second-order valence-electron chi connectivity index (χ2n) is 10.4. The van der Waals surface area contributed by atoms with Crippen LogP contribution in [0.25, 0.3) is 10.1 Å². The zero-order chi connectivity index (χ0) is 30.3. The third kappa shape index (κ3) is 7.47. The fraction of sp³-hybridized carbons (Fsp3) is 0.419. The van der Waals surface area contributed by atoms with Crippen molar-refractivity contribution in [3.63, 3.8) is 0 Å². The smallest absolute Gasteiger partial charge is 0.495 e. The minimum absolute atomic E-state index is 0.219. The van der Waals surface area contributed by atoms with Gasteiger partial charge in [-0.05, 0) is 48.1 Å². The van der Waals surface area contributed by atoms with E-state index in [0.29, 0.717) is 40.6 Å². The molecule has 3 aromatic rings. The molecule has 1 aromatic heterocycles. The fourth-order valence-electron chi connectivity index (χ4n) is 5.35. The number of nitrogens with zero attached hydrogens (tertiary/aromatic N) is 1. The Morgan fingerprint density at radius 3 is 2.72 bits per heavy atom. The molecule has 0 radical (unpaired) electrons. The molecule has 9 nitrogen and oxygen atoms in total. The second kappa shape index (κ2) is 13.9. The van der Waals surface area contributed by atoms with Gasteiger partial charge in [-0.25, -0.2) is 13.6 Å². The molecule has 1 amide bonds. The number of alkyl halides is 2. The van der Waals surface area contributed by atoms with Crippen LogP contribution in [0.2, 0.25) is 0 Å². The van der Waals surface area contributed by atoms with Crippen molar-refractivity contribution >= 4 is 44.9 Å². The Morgan fingerprint density at radius 1 is 1.21 bits per heavy atom. The van der Waals surface area contributed by atoms with Crippen LogP contribution in [0.15, 0.2) is 36.4 Å². The van der Waals surface area contributed by atoms with Gasteiger partial charge in [0, 0.05) is 44.7 Å². The lowest BCUT2D eigenvalue weighted by atomic mass is 10.0. The summed E-state index contributed by atoms with van der Waals surface area (Å²) in [6.45, 7) is 2.91. The van der Waals surface area contributed by atoms with Gasteiger partial charge in [0.15, 0.2) is 6.10 Å². The van der Waals surface area contributed by atoms with Crippen molar-refractivity contribution in [3.8, 4) is 17.6 Å². The number of piperidine rings is 1. The summed E-state index contributed by atoms with van der Waals surface area (Å²) in [5.41, 5.74) is 2.62. The Kier molecular flexibility index (Phi) is 9.84. The summed E-state index contributed by atoms with van der Waals surface area (Å²) >= 11 is 1.43. The maximum Gasteiger partial charge on any atom is 0.508 e. The van der Waals surface area contributed by atoms with Gasteiger partial charge in [-0.3, -0.25) is 9.69 Å². The van der Waals surface area contributed by atoms with Crippen LogP contribution < -0.4 is 20.7 Å². The first-order valence-corrected chi connectivity index (χ1v) is 14.9. The zero-order valence-corrected chi connectivity index (χ0v) is 24.8. The van der Waals surface area contributed by atoms with E-state index in [9.17, 15) is 18.4 Å². The summed E-state index contributed by atoms with van der Waals surface area (Å²) in [5, 5.41) is 10.2. The number of likely N-dealkylation sites (tertiary alicyclic amines) is 1. The lowest BCUT2D eigenvalue weighted by Crippen LogP contribution is -2.43. The van der Waals surface area contributed by atoms with Gasteiger partial charge >= 0.3 is 6.16 Å². The molecular formula is C31H34F2N4O5S. The number of halogens is 2. The van der Waals surface area contributed by atoms with Crippen molar-refractivity contribution in [2.75, 3.05) is 57.6 Å². The Morgan fingerprint density at radius 2 is 2.02 bits per heavy atom. The minimum Gasteiger partial charge on any atom is -0.495 e. The summed E-state index contributed by atoms with van der Waals surface area (Å²) in [4.78, 5) is 26.0. The number of hydrogen-bond donors (Lipinski definition) is 3. The van der Waals surface area contributed by atoms with Crippen LogP contribution in [0.3, 0.4) is 0 Å². The fourth-order valence-corrected chi connectivity index (χ4v) is 6.53.